The summed E-state index contributed by atoms with van der Waals surface area (Å²) >= 11 is 0. The Bertz CT molecular complexity index is 1210. The number of carbonyl (C=O) groups is 2. The maximum atomic E-state index is 13.8. The van der Waals surface area contributed by atoms with E-state index in [4.69, 9.17) is 0 Å². The molecule has 0 amide bonds. The molecule has 0 saturated heterocycles. The highest BCUT2D eigenvalue weighted by Gasteiger charge is 2.41. The van der Waals surface area contributed by atoms with Crippen molar-refractivity contribution in [2.24, 2.45) is 0 Å². The van der Waals surface area contributed by atoms with Gasteiger partial charge in [-0.15, -0.1) is 0 Å². The predicted molar refractivity (Wildman–Crippen MR) is 128 cm³/mol. The molecule has 0 bridgehead atoms. The average Bonchev–Trinajstić information content (AvgIpc) is 2.64. The Hall–Kier alpha value is -2.69. The highest BCUT2D eigenvalue weighted by Crippen LogP contribution is 2.45. The normalized spacial score (nSPS) is 11.5. The van der Waals surface area contributed by atoms with Gasteiger partial charge in [0.25, 0.3) is 0 Å². The van der Waals surface area contributed by atoms with E-state index in [1.54, 1.807) is 13.8 Å². The molecule has 0 spiro atoms. The second-order valence-corrected chi connectivity index (χ2v) is 10.1. The minimum Gasteiger partial charge on any atom is -0.289 e. The second-order valence-electron chi connectivity index (χ2n) is 8.47. The number of aryl methyl sites for hydroxylation is 6. The Morgan fingerprint density at radius 1 is 0.625 bits per heavy atom. The van der Waals surface area contributed by atoms with E-state index in [9.17, 15) is 24.3 Å². The zero-order valence-electron chi connectivity index (χ0n) is 19.1. The molecule has 0 aliphatic carbocycles. The van der Waals surface area contributed by atoms with Crippen molar-refractivity contribution in [2.75, 3.05) is 0 Å². The van der Waals surface area contributed by atoms with Gasteiger partial charge in [0.15, 0.2) is 16.9 Å². The van der Waals surface area contributed by atoms with Gasteiger partial charge in [-0.1, -0.05) is 41.5 Å². The largest absolute Gasteiger partial charge is 0.441 e. The van der Waals surface area contributed by atoms with Crippen molar-refractivity contribution >= 4 is 24.8 Å². The predicted octanol–water partition coefficient (Wildman–Crippen LogP) is 4.36. The molecule has 0 saturated carbocycles. The fourth-order valence-corrected chi connectivity index (χ4v) is 5.36. The van der Waals surface area contributed by atoms with Crippen LogP contribution in [0, 0.1) is 41.5 Å². The summed E-state index contributed by atoms with van der Waals surface area (Å²) in [5.41, 5.74) is 5.63. The highest BCUT2D eigenvalue weighted by molar-refractivity contribution is 7.67. The van der Waals surface area contributed by atoms with Crippen LogP contribution in [-0.2, 0) is 0 Å². The van der Waals surface area contributed by atoms with E-state index in [0.29, 0.717) is 22.3 Å². The third-order valence-electron chi connectivity index (χ3n) is 5.65. The van der Waals surface area contributed by atoms with Crippen LogP contribution in [0.3, 0.4) is 0 Å². The first-order valence-corrected chi connectivity index (χ1v) is 11.9. The molecule has 0 fully saturated rings. The number of hydrogen-bond acceptors (Lipinski definition) is 5. The summed E-state index contributed by atoms with van der Waals surface area (Å²) in [6, 6.07) is 11.7. The SMILES string of the molecule is Cc1cc(C)c(C(=O)c2cccc([P+](O)(O)O)c2C(=O)c2c(C)cc(C)cc2C)c(C)c1. The van der Waals surface area contributed by atoms with Crippen LogP contribution in [0.4, 0.5) is 0 Å². The van der Waals surface area contributed by atoms with Gasteiger partial charge in [0.1, 0.15) is 0 Å². The van der Waals surface area contributed by atoms with E-state index in [1.807, 2.05) is 52.0 Å². The number of hydrogen-bond donors (Lipinski definition) is 3. The summed E-state index contributed by atoms with van der Waals surface area (Å²) in [6.07, 6.45) is 0. The first-order valence-electron chi connectivity index (χ1n) is 10.3. The maximum absolute atomic E-state index is 13.8. The van der Waals surface area contributed by atoms with Crippen LogP contribution < -0.4 is 5.30 Å². The molecule has 32 heavy (non-hydrogen) atoms. The van der Waals surface area contributed by atoms with Crippen LogP contribution in [0.25, 0.3) is 0 Å². The Labute approximate surface area is 189 Å². The van der Waals surface area contributed by atoms with Gasteiger partial charge in [-0.25, -0.2) is 0 Å². The highest BCUT2D eigenvalue weighted by atomic mass is 31.2. The van der Waals surface area contributed by atoms with Gasteiger partial charge in [-0.3, -0.25) is 9.59 Å². The summed E-state index contributed by atoms with van der Waals surface area (Å²) in [5, 5.41) is -0.324. The standard InChI is InChI=1S/C26H28O5P/c1-14-10-16(3)22(17(4)11-14)25(27)20-8-7-9-21(32(29,30)31)24(20)26(28)23-18(5)12-15(2)13-19(23)6/h7-13,29-31H,1-6H3/q+1. The quantitative estimate of drug-likeness (QED) is 0.396. The van der Waals surface area contributed by atoms with Crippen molar-refractivity contribution in [1.82, 2.24) is 0 Å². The number of benzene rings is 3. The number of rotatable bonds is 5. The zero-order valence-corrected chi connectivity index (χ0v) is 20.0. The topological polar surface area (TPSA) is 94.8 Å². The lowest BCUT2D eigenvalue weighted by Gasteiger charge is -2.17. The van der Waals surface area contributed by atoms with Crippen molar-refractivity contribution < 1.29 is 24.3 Å². The molecule has 5 nitrogen and oxygen atoms in total. The number of ketones is 2. The average molecular weight is 451 g/mol. The van der Waals surface area contributed by atoms with Gasteiger partial charge >= 0.3 is 7.94 Å². The third-order valence-corrected chi connectivity index (χ3v) is 6.66. The van der Waals surface area contributed by atoms with Crippen molar-refractivity contribution in [3.8, 4) is 0 Å². The van der Waals surface area contributed by atoms with E-state index in [2.05, 4.69) is 0 Å². The molecule has 3 aromatic rings. The smallest absolute Gasteiger partial charge is 0.289 e. The Balaban J connectivity index is 2.34. The van der Waals surface area contributed by atoms with Crippen LogP contribution in [-0.4, -0.2) is 26.2 Å². The zero-order chi connectivity index (χ0) is 24.0. The molecule has 0 heterocycles. The molecule has 0 atom stereocenters. The van der Waals surface area contributed by atoms with Crippen LogP contribution >= 0.6 is 7.94 Å². The Morgan fingerprint density at radius 2 is 1.03 bits per heavy atom. The van der Waals surface area contributed by atoms with Crippen molar-refractivity contribution in [2.45, 2.75) is 41.5 Å². The monoisotopic (exact) mass is 451 g/mol. The molecule has 0 unspecified atom stereocenters. The molecule has 3 aromatic carbocycles. The summed E-state index contributed by atoms with van der Waals surface area (Å²) in [4.78, 5) is 57.8. The minimum absolute atomic E-state index is 0.0310. The molecule has 3 rings (SSSR count). The van der Waals surface area contributed by atoms with Crippen molar-refractivity contribution in [3.05, 3.63) is 98.1 Å². The van der Waals surface area contributed by atoms with Gasteiger partial charge in [0.2, 0.25) is 0 Å². The van der Waals surface area contributed by atoms with E-state index in [1.165, 1.54) is 18.2 Å². The molecule has 3 N–H and O–H groups in total. The fourth-order valence-electron chi connectivity index (χ4n) is 4.55. The maximum Gasteiger partial charge on any atom is 0.441 e. The van der Waals surface area contributed by atoms with E-state index in [-0.39, 0.29) is 16.4 Å². The first kappa shape index (κ1) is 24.0. The van der Waals surface area contributed by atoms with E-state index >= 15 is 0 Å². The van der Waals surface area contributed by atoms with Crippen LogP contribution in [0.5, 0.6) is 0 Å². The minimum atomic E-state index is -4.58. The first-order chi connectivity index (χ1) is 14.8. The molecule has 0 aromatic heterocycles. The van der Waals surface area contributed by atoms with E-state index in [0.717, 1.165) is 22.3 Å². The van der Waals surface area contributed by atoms with Crippen LogP contribution in [0.15, 0.2) is 42.5 Å². The molecule has 0 aliphatic heterocycles. The van der Waals surface area contributed by atoms with Gasteiger partial charge in [-0.05, 0) is 75.9 Å². The summed E-state index contributed by atoms with van der Waals surface area (Å²) < 4.78 is 0. The van der Waals surface area contributed by atoms with Gasteiger partial charge < -0.3 is 0 Å². The molecule has 166 valence electrons. The van der Waals surface area contributed by atoms with Crippen LogP contribution in [0.1, 0.15) is 65.2 Å². The number of carbonyl (C=O) groups excluding carboxylic acids is 2. The van der Waals surface area contributed by atoms with E-state index < -0.39 is 19.5 Å². The summed E-state index contributed by atoms with van der Waals surface area (Å²) in [5.74, 6) is -0.927. The van der Waals surface area contributed by atoms with Crippen molar-refractivity contribution in [3.63, 3.8) is 0 Å². The lowest BCUT2D eigenvalue weighted by Crippen LogP contribution is -2.25. The lowest BCUT2D eigenvalue weighted by molar-refractivity contribution is 0.100. The Morgan fingerprint density at radius 3 is 1.44 bits per heavy atom. The van der Waals surface area contributed by atoms with Gasteiger partial charge in [0.05, 0.1) is 5.56 Å². The van der Waals surface area contributed by atoms with Crippen molar-refractivity contribution in [1.29, 1.82) is 0 Å². The Kier molecular flexibility index (Phi) is 6.50. The molecule has 0 aliphatic rings. The summed E-state index contributed by atoms with van der Waals surface area (Å²) in [6.45, 7) is 11.1. The molecular weight excluding hydrogens is 423 g/mol. The fraction of sp³-hybridized carbons (Fsp3) is 0.231. The molecular formula is C26H28O5P+. The summed E-state index contributed by atoms with van der Waals surface area (Å²) in [7, 11) is -4.58. The lowest BCUT2D eigenvalue weighted by atomic mass is 9.87. The van der Waals surface area contributed by atoms with Gasteiger partial charge in [0, 0.05) is 16.7 Å². The van der Waals surface area contributed by atoms with Crippen LogP contribution in [0.2, 0.25) is 0 Å². The molecule has 6 heteroatoms. The second kappa shape index (κ2) is 8.68. The molecule has 0 radical (unpaired) electrons. The van der Waals surface area contributed by atoms with Gasteiger partial charge in [-0.2, -0.15) is 14.7 Å². The third kappa shape index (κ3) is 4.43.